The Morgan fingerprint density at radius 1 is 1.28 bits per heavy atom. The van der Waals surface area contributed by atoms with Gasteiger partial charge in [-0.15, -0.1) is 0 Å². The van der Waals surface area contributed by atoms with Crippen molar-refractivity contribution in [2.45, 2.75) is 70.6 Å². The molecule has 1 aliphatic rings. The van der Waals surface area contributed by atoms with Crippen LogP contribution in [0.2, 0.25) is 0 Å². The number of esters is 1. The summed E-state index contributed by atoms with van der Waals surface area (Å²) in [4.78, 5) is 11.8. The quantitative estimate of drug-likeness (QED) is 0.785. The van der Waals surface area contributed by atoms with Crippen molar-refractivity contribution < 1.29 is 14.3 Å². The van der Waals surface area contributed by atoms with E-state index in [4.69, 9.17) is 15.2 Å². The van der Waals surface area contributed by atoms with Gasteiger partial charge >= 0.3 is 5.97 Å². The third-order valence-corrected chi connectivity index (χ3v) is 3.42. The third-order valence-electron chi connectivity index (χ3n) is 3.42. The lowest BCUT2D eigenvalue weighted by atomic mass is 9.83. The molecule has 106 valence electrons. The summed E-state index contributed by atoms with van der Waals surface area (Å²) in [6, 6.07) is -0.492. The van der Waals surface area contributed by atoms with E-state index in [2.05, 4.69) is 0 Å². The standard InChI is InChI=1S/C14H27NO3/c1-14(2,3)18-13(16)12(15)9-10-5-7-11(17-4)8-6-10/h10-12H,5-9,15H2,1-4H3/t10?,11?,12-/m0/s1. The number of nitrogens with two attached hydrogens (primary N) is 1. The van der Waals surface area contributed by atoms with Crippen molar-refractivity contribution in [1.29, 1.82) is 0 Å². The predicted molar refractivity (Wildman–Crippen MR) is 71.2 cm³/mol. The predicted octanol–water partition coefficient (Wildman–Crippen LogP) is 2.25. The van der Waals surface area contributed by atoms with Crippen molar-refractivity contribution in [3.63, 3.8) is 0 Å². The van der Waals surface area contributed by atoms with Crippen LogP contribution in [0.5, 0.6) is 0 Å². The molecule has 0 aromatic heterocycles. The summed E-state index contributed by atoms with van der Waals surface area (Å²) in [5.74, 6) is 0.246. The maximum absolute atomic E-state index is 11.8. The van der Waals surface area contributed by atoms with Crippen LogP contribution in [0.1, 0.15) is 52.9 Å². The number of carbonyl (C=O) groups excluding carboxylic acids is 1. The van der Waals surface area contributed by atoms with E-state index >= 15 is 0 Å². The van der Waals surface area contributed by atoms with E-state index in [9.17, 15) is 4.79 Å². The molecule has 1 aliphatic carbocycles. The summed E-state index contributed by atoms with van der Waals surface area (Å²) in [5, 5.41) is 0. The first-order chi connectivity index (χ1) is 8.31. The zero-order valence-electron chi connectivity index (χ0n) is 12.1. The van der Waals surface area contributed by atoms with E-state index in [1.807, 2.05) is 20.8 Å². The Hall–Kier alpha value is -0.610. The number of methoxy groups -OCH3 is 1. The fourth-order valence-electron chi connectivity index (χ4n) is 2.44. The summed E-state index contributed by atoms with van der Waals surface area (Å²) in [7, 11) is 1.76. The lowest BCUT2D eigenvalue weighted by molar-refractivity contribution is -0.157. The van der Waals surface area contributed by atoms with Gasteiger partial charge in [0.1, 0.15) is 11.6 Å². The highest BCUT2D eigenvalue weighted by Gasteiger charge is 2.27. The molecule has 0 unspecified atom stereocenters. The Kier molecular flexibility index (Phi) is 5.60. The second-order valence-electron chi connectivity index (χ2n) is 6.25. The van der Waals surface area contributed by atoms with E-state index in [1.54, 1.807) is 7.11 Å². The second-order valence-corrected chi connectivity index (χ2v) is 6.25. The average molecular weight is 257 g/mol. The van der Waals surface area contributed by atoms with Crippen molar-refractivity contribution in [3.8, 4) is 0 Å². The van der Waals surface area contributed by atoms with Crippen molar-refractivity contribution in [3.05, 3.63) is 0 Å². The summed E-state index contributed by atoms with van der Waals surface area (Å²) >= 11 is 0. The van der Waals surface area contributed by atoms with Crippen LogP contribution in [0.25, 0.3) is 0 Å². The highest BCUT2D eigenvalue weighted by molar-refractivity contribution is 5.75. The molecule has 0 bridgehead atoms. The van der Waals surface area contributed by atoms with Gasteiger partial charge in [-0.05, 0) is 58.8 Å². The Morgan fingerprint density at radius 2 is 1.83 bits per heavy atom. The zero-order valence-corrected chi connectivity index (χ0v) is 12.1. The fraction of sp³-hybridized carbons (Fsp3) is 0.929. The first kappa shape index (κ1) is 15.4. The third kappa shape index (κ3) is 5.36. The summed E-state index contributed by atoms with van der Waals surface area (Å²) in [6.07, 6.45) is 5.44. The average Bonchev–Trinajstić information content (AvgIpc) is 2.27. The van der Waals surface area contributed by atoms with Gasteiger partial charge in [-0.2, -0.15) is 0 Å². The monoisotopic (exact) mass is 257 g/mol. The summed E-state index contributed by atoms with van der Waals surface area (Å²) in [6.45, 7) is 5.59. The van der Waals surface area contributed by atoms with E-state index in [0.717, 1.165) is 32.1 Å². The van der Waals surface area contributed by atoms with Gasteiger partial charge in [-0.3, -0.25) is 4.79 Å². The minimum Gasteiger partial charge on any atom is -0.459 e. The van der Waals surface area contributed by atoms with Crippen LogP contribution >= 0.6 is 0 Å². The first-order valence-electron chi connectivity index (χ1n) is 6.83. The first-order valence-corrected chi connectivity index (χ1v) is 6.83. The SMILES string of the molecule is COC1CCC(C[C@H](N)C(=O)OC(C)(C)C)CC1. The molecule has 1 saturated carbocycles. The van der Waals surface area contributed by atoms with Gasteiger partial charge in [-0.25, -0.2) is 0 Å². The topological polar surface area (TPSA) is 61.5 Å². The molecule has 1 fully saturated rings. The van der Waals surface area contributed by atoms with Gasteiger partial charge < -0.3 is 15.2 Å². The lowest BCUT2D eigenvalue weighted by Gasteiger charge is -2.29. The summed E-state index contributed by atoms with van der Waals surface area (Å²) in [5.41, 5.74) is 5.46. The van der Waals surface area contributed by atoms with Gasteiger partial charge in [0, 0.05) is 7.11 Å². The molecule has 1 atom stereocenters. The van der Waals surface area contributed by atoms with E-state index in [1.165, 1.54) is 0 Å². The van der Waals surface area contributed by atoms with Crippen LogP contribution in [-0.4, -0.2) is 30.8 Å². The molecule has 0 heterocycles. The molecule has 1 rings (SSSR count). The molecule has 0 aromatic carbocycles. The Bertz CT molecular complexity index is 265. The fourth-order valence-corrected chi connectivity index (χ4v) is 2.44. The van der Waals surface area contributed by atoms with Crippen molar-refractivity contribution >= 4 is 5.97 Å². The Balaban J connectivity index is 2.32. The number of hydrogen-bond acceptors (Lipinski definition) is 4. The smallest absolute Gasteiger partial charge is 0.323 e. The maximum Gasteiger partial charge on any atom is 0.323 e. The molecular weight excluding hydrogens is 230 g/mol. The van der Waals surface area contributed by atoms with E-state index in [-0.39, 0.29) is 5.97 Å². The van der Waals surface area contributed by atoms with Gasteiger partial charge in [0.05, 0.1) is 6.10 Å². The minimum absolute atomic E-state index is 0.281. The van der Waals surface area contributed by atoms with Gasteiger partial charge in [0.15, 0.2) is 0 Å². The van der Waals surface area contributed by atoms with Gasteiger partial charge in [0.25, 0.3) is 0 Å². The van der Waals surface area contributed by atoms with Crippen molar-refractivity contribution in [2.24, 2.45) is 11.7 Å². The van der Waals surface area contributed by atoms with Gasteiger partial charge in [-0.1, -0.05) is 0 Å². The largest absolute Gasteiger partial charge is 0.459 e. The second kappa shape index (κ2) is 6.53. The van der Waals surface area contributed by atoms with Crippen molar-refractivity contribution in [1.82, 2.24) is 0 Å². The zero-order chi connectivity index (χ0) is 13.8. The minimum atomic E-state index is -0.492. The highest BCUT2D eigenvalue weighted by Crippen LogP contribution is 2.29. The molecular formula is C14H27NO3. The molecule has 18 heavy (non-hydrogen) atoms. The van der Waals surface area contributed by atoms with Crippen molar-refractivity contribution in [2.75, 3.05) is 7.11 Å². The van der Waals surface area contributed by atoms with Crippen LogP contribution in [0.15, 0.2) is 0 Å². The van der Waals surface area contributed by atoms with Crippen LogP contribution in [-0.2, 0) is 14.3 Å². The molecule has 4 heteroatoms. The number of rotatable bonds is 4. The molecule has 0 spiro atoms. The lowest BCUT2D eigenvalue weighted by Crippen LogP contribution is -2.39. The number of ether oxygens (including phenoxy) is 2. The molecule has 2 N–H and O–H groups in total. The van der Waals surface area contributed by atoms with Crippen LogP contribution in [0.3, 0.4) is 0 Å². The summed E-state index contributed by atoms with van der Waals surface area (Å²) < 4.78 is 10.6. The molecule has 0 aromatic rings. The van der Waals surface area contributed by atoms with Crippen LogP contribution in [0.4, 0.5) is 0 Å². The molecule has 0 aliphatic heterocycles. The maximum atomic E-state index is 11.8. The Labute approximate surface area is 110 Å². The highest BCUT2D eigenvalue weighted by atomic mass is 16.6. The number of hydrogen-bond donors (Lipinski definition) is 1. The van der Waals surface area contributed by atoms with Crippen LogP contribution < -0.4 is 5.73 Å². The van der Waals surface area contributed by atoms with Gasteiger partial charge in [0.2, 0.25) is 0 Å². The number of carbonyl (C=O) groups is 1. The normalized spacial score (nSPS) is 26.7. The molecule has 0 radical (unpaired) electrons. The van der Waals surface area contributed by atoms with E-state index < -0.39 is 11.6 Å². The van der Waals surface area contributed by atoms with Crippen LogP contribution in [0, 0.1) is 5.92 Å². The molecule has 0 saturated heterocycles. The van der Waals surface area contributed by atoms with E-state index in [0.29, 0.717) is 12.0 Å². The Morgan fingerprint density at radius 3 is 2.28 bits per heavy atom. The molecule has 0 amide bonds. The molecule has 4 nitrogen and oxygen atoms in total.